The third kappa shape index (κ3) is 3.78. The molecule has 2 rings (SSSR count). The van der Waals surface area contributed by atoms with Gasteiger partial charge in [-0.15, -0.1) is 0 Å². The predicted molar refractivity (Wildman–Crippen MR) is 86.2 cm³/mol. The van der Waals surface area contributed by atoms with E-state index in [4.69, 9.17) is 17.3 Å². The Morgan fingerprint density at radius 3 is 2.71 bits per heavy atom. The Bertz CT molecular complexity index is 595. The number of hydrogen-bond acceptors (Lipinski definition) is 2. The summed E-state index contributed by atoms with van der Waals surface area (Å²) in [5.74, 6) is 6.15. The quantitative estimate of drug-likeness (QED) is 0.840. The molecule has 1 aromatic carbocycles. The van der Waals surface area contributed by atoms with E-state index in [0.717, 1.165) is 6.54 Å². The summed E-state index contributed by atoms with van der Waals surface area (Å²) in [5.41, 5.74) is 6.89. The number of rotatable bonds is 4. The Balaban J connectivity index is 2.01. The second-order valence-corrected chi connectivity index (χ2v) is 6.31. The Labute approximate surface area is 131 Å². The highest BCUT2D eigenvalue weighted by Crippen LogP contribution is 2.51. The topological polar surface area (TPSA) is 55.1 Å². The lowest BCUT2D eigenvalue weighted by molar-refractivity contribution is 0.0940. The lowest BCUT2D eigenvalue weighted by Crippen LogP contribution is -2.32. The lowest BCUT2D eigenvalue weighted by Gasteiger charge is -2.20. The van der Waals surface area contributed by atoms with Gasteiger partial charge in [0.15, 0.2) is 0 Å². The summed E-state index contributed by atoms with van der Waals surface area (Å²) in [6.07, 6.45) is 2.39. The zero-order chi connectivity index (χ0) is 15.5. The molecule has 1 saturated carbocycles. The minimum atomic E-state index is -0.0813. The van der Waals surface area contributed by atoms with Gasteiger partial charge in [-0.05, 0) is 42.4 Å². The number of nitrogens with two attached hydrogens (primary N) is 1. The fraction of sp³-hybridized carbons (Fsp3) is 0.471. The van der Waals surface area contributed by atoms with Crippen LogP contribution in [-0.2, 0) is 0 Å². The zero-order valence-electron chi connectivity index (χ0n) is 12.5. The number of carbonyl (C=O) groups excluding carboxylic acids is 1. The van der Waals surface area contributed by atoms with E-state index < -0.39 is 0 Å². The van der Waals surface area contributed by atoms with E-state index in [1.165, 1.54) is 12.8 Å². The average molecular weight is 305 g/mol. The van der Waals surface area contributed by atoms with Crippen LogP contribution in [0.4, 0.5) is 0 Å². The predicted octanol–water partition coefficient (Wildman–Crippen LogP) is 2.82. The van der Waals surface area contributed by atoms with Crippen molar-refractivity contribution >= 4 is 17.5 Å². The minimum absolute atomic E-state index is 0.0813. The van der Waals surface area contributed by atoms with Crippen LogP contribution in [0.15, 0.2) is 18.2 Å². The summed E-state index contributed by atoms with van der Waals surface area (Å²) in [5, 5.41) is 3.50. The van der Waals surface area contributed by atoms with Crippen LogP contribution in [0.2, 0.25) is 5.02 Å². The van der Waals surface area contributed by atoms with Crippen molar-refractivity contribution in [2.24, 2.45) is 17.1 Å². The maximum atomic E-state index is 12.2. The lowest BCUT2D eigenvalue weighted by atomic mass is 9.92. The molecule has 0 aromatic heterocycles. The Hall–Kier alpha value is -1.50. The summed E-state index contributed by atoms with van der Waals surface area (Å²) < 4.78 is 0. The maximum Gasteiger partial charge on any atom is 0.251 e. The molecular formula is C17H21ClN2O. The van der Waals surface area contributed by atoms with Crippen LogP contribution < -0.4 is 11.1 Å². The van der Waals surface area contributed by atoms with Gasteiger partial charge in [0.1, 0.15) is 0 Å². The highest BCUT2D eigenvalue weighted by atomic mass is 35.5. The van der Waals surface area contributed by atoms with E-state index >= 15 is 0 Å². The fourth-order valence-electron chi connectivity index (χ4n) is 2.38. The average Bonchev–Trinajstić information content (AvgIpc) is 3.24. The van der Waals surface area contributed by atoms with Gasteiger partial charge in [-0.1, -0.05) is 37.3 Å². The molecule has 112 valence electrons. The van der Waals surface area contributed by atoms with E-state index in [-0.39, 0.29) is 12.5 Å². The molecule has 0 atom stereocenters. The Morgan fingerprint density at radius 2 is 2.19 bits per heavy atom. The van der Waals surface area contributed by atoms with E-state index in [1.54, 1.807) is 18.2 Å². The molecule has 21 heavy (non-hydrogen) atoms. The second-order valence-electron chi connectivity index (χ2n) is 5.90. The molecule has 0 heterocycles. The van der Waals surface area contributed by atoms with E-state index in [1.807, 2.05) is 0 Å². The van der Waals surface area contributed by atoms with Gasteiger partial charge in [0, 0.05) is 17.7 Å². The van der Waals surface area contributed by atoms with Crippen molar-refractivity contribution in [1.82, 2.24) is 5.32 Å². The highest BCUT2D eigenvalue weighted by molar-refractivity contribution is 6.32. The molecule has 3 N–H and O–H groups in total. The minimum Gasteiger partial charge on any atom is -0.351 e. The number of amides is 1. The molecule has 1 aliphatic rings. The van der Waals surface area contributed by atoms with Crippen molar-refractivity contribution in [3.63, 3.8) is 0 Å². The molecule has 1 fully saturated rings. The first-order valence-corrected chi connectivity index (χ1v) is 7.63. The van der Waals surface area contributed by atoms with Gasteiger partial charge < -0.3 is 11.1 Å². The molecule has 1 aliphatic carbocycles. The van der Waals surface area contributed by atoms with Crippen LogP contribution in [0.5, 0.6) is 0 Å². The van der Waals surface area contributed by atoms with Crippen molar-refractivity contribution in [1.29, 1.82) is 0 Å². The number of nitrogens with one attached hydrogen (secondary N) is 1. The first kappa shape index (κ1) is 15.9. The van der Waals surface area contributed by atoms with E-state index in [0.29, 0.717) is 27.5 Å². The van der Waals surface area contributed by atoms with Gasteiger partial charge in [-0.25, -0.2) is 0 Å². The molecule has 0 radical (unpaired) electrons. The van der Waals surface area contributed by atoms with Crippen LogP contribution in [-0.4, -0.2) is 19.0 Å². The molecule has 1 aromatic rings. The number of halogens is 1. The molecular weight excluding hydrogens is 284 g/mol. The van der Waals surface area contributed by atoms with Gasteiger partial charge in [0.2, 0.25) is 0 Å². The van der Waals surface area contributed by atoms with Crippen LogP contribution in [0.1, 0.15) is 42.6 Å². The molecule has 0 unspecified atom stereocenters. The maximum absolute atomic E-state index is 12.2. The first-order valence-electron chi connectivity index (χ1n) is 7.25. The van der Waals surface area contributed by atoms with Gasteiger partial charge >= 0.3 is 0 Å². The van der Waals surface area contributed by atoms with Gasteiger partial charge in [0.25, 0.3) is 5.91 Å². The van der Waals surface area contributed by atoms with Crippen molar-refractivity contribution in [3.8, 4) is 11.8 Å². The Morgan fingerprint density at radius 1 is 1.48 bits per heavy atom. The van der Waals surface area contributed by atoms with Gasteiger partial charge in [0.05, 0.1) is 11.6 Å². The third-order valence-electron chi connectivity index (χ3n) is 4.27. The summed E-state index contributed by atoms with van der Waals surface area (Å²) in [4.78, 5) is 12.2. The molecule has 3 nitrogen and oxygen atoms in total. The normalized spacial score (nSPS) is 15.3. The van der Waals surface area contributed by atoms with Gasteiger partial charge in [-0.3, -0.25) is 4.79 Å². The first-order chi connectivity index (χ1) is 9.98. The molecule has 4 heteroatoms. The molecule has 0 aliphatic heterocycles. The smallest absolute Gasteiger partial charge is 0.251 e. The summed E-state index contributed by atoms with van der Waals surface area (Å²) in [6.45, 7) is 5.44. The molecule has 0 spiro atoms. The molecule has 1 amide bonds. The van der Waals surface area contributed by atoms with Crippen LogP contribution >= 0.6 is 11.6 Å². The van der Waals surface area contributed by atoms with Crippen molar-refractivity contribution < 1.29 is 4.79 Å². The standard InChI is InChI=1S/C17H21ClN2O/c1-12(2)17(7-8-17)11-20-16(21)14-6-5-13(4-3-9-19)15(18)10-14/h5-6,10,12H,7-9,11,19H2,1-2H3,(H,20,21). The molecule has 0 saturated heterocycles. The Kier molecular flexibility index (Phi) is 4.92. The highest BCUT2D eigenvalue weighted by Gasteiger charge is 2.45. The third-order valence-corrected chi connectivity index (χ3v) is 4.59. The van der Waals surface area contributed by atoms with E-state index in [9.17, 15) is 4.79 Å². The number of carbonyl (C=O) groups is 1. The van der Waals surface area contributed by atoms with Crippen LogP contribution in [0, 0.1) is 23.2 Å². The van der Waals surface area contributed by atoms with Crippen molar-refractivity contribution in [3.05, 3.63) is 34.3 Å². The second kappa shape index (κ2) is 6.51. The van der Waals surface area contributed by atoms with Crippen LogP contribution in [0.3, 0.4) is 0 Å². The number of benzene rings is 1. The monoisotopic (exact) mass is 304 g/mol. The SMILES string of the molecule is CC(C)C1(CNC(=O)c2ccc(C#CCN)c(Cl)c2)CC1. The van der Waals surface area contributed by atoms with E-state index in [2.05, 4.69) is 31.0 Å². The van der Waals surface area contributed by atoms with Crippen molar-refractivity contribution in [2.45, 2.75) is 26.7 Å². The summed E-state index contributed by atoms with van der Waals surface area (Å²) in [6, 6.07) is 5.16. The fourth-order valence-corrected chi connectivity index (χ4v) is 2.61. The number of hydrogen-bond donors (Lipinski definition) is 2. The summed E-state index contributed by atoms with van der Waals surface area (Å²) in [7, 11) is 0. The molecule has 0 bridgehead atoms. The van der Waals surface area contributed by atoms with Crippen molar-refractivity contribution in [2.75, 3.05) is 13.1 Å². The largest absolute Gasteiger partial charge is 0.351 e. The zero-order valence-corrected chi connectivity index (χ0v) is 13.3. The van der Waals surface area contributed by atoms with Crippen LogP contribution in [0.25, 0.3) is 0 Å². The summed E-state index contributed by atoms with van der Waals surface area (Å²) >= 11 is 6.14. The van der Waals surface area contributed by atoms with Gasteiger partial charge in [-0.2, -0.15) is 0 Å².